The van der Waals surface area contributed by atoms with Gasteiger partial charge >= 0.3 is 0 Å². The Hall–Kier alpha value is -1.13. The number of likely N-dealkylation sites (N-methyl/N-ethyl adjacent to an activating group) is 1. The molecule has 0 aliphatic carbocycles. The average molecular weight is 344 g/mol. The maximum absolute atomic E-state index is 12.5. The van der Waals surface area contributed by atoms with Crippen molar-refractivity contribution in [2.24, 2.45) is 0 Å². The summed E-state index contributed by atoms with van der Waals surface area (Å²) in [5.74, 6) is 0.0152. The minimum atomic E-state index is -3.58. The van der Waals surface area contributed by atoms with E-state index in [-0.39, 0.29) is 24.9 Å². The fraction of sp³-hybridized carbons (Fsp3) is 0.533. The first kappa shape index (κ1) is 18.9. The summed E-state index contributed by atoms with van der Waals surface area (Å²) < 4.78 is 27.5. The highest BCUT2D eigenvalue weighted by molar-refractivity contribution is 7.86. The van der Waals surface area contributed by atoms with Gasteiger partial charge in [0.05, 0.1) is 6.07 Å². The Labute approximate surface area is 138 Å². The Morgan fingerprint density at radius 2 is 1.77 bits per heavy atom. The molecule has 0 amide bonds. The van der Waals surface area contributed by atoms with Gasteiger partial charge in [-0.2, -0.15) is 22.3 Å². The Kier molecular flexibility index (Phi) is 6.82. The maximum Gasteiger partial charge on any atom is 0.281 e. The SMILES string of the molecule is CC(c1ccc(Cl)cc1)C(C)N(C)S(=O)(=O)N(C)CCC#N. The minimum Gasteiger partial charge on any atom is -0.198 e. The molecule has 0 saturated carbocycles. The van der Waals surface area contributed by atoms with Gasteiger partial charge in [0.1, 0.15) is 0 Å². The van der Waals surface area contributed by atoms with Crippen molar-refractivity contribution in [2.45, 2.75) is 32.2 Å². The summed E-state index contributed by atoms with van der Waals surface area (Å²) in [5, 5.41) is 9.25. The molecule has 0 saturated heterocycles. The average Bonchev–Trinajstić information content (AvgIpc) is 2.50. The van der Waals surface area contributed by atoms with Crippen LogP contribution in [0.1, 0.15) is 31.7 Å². The highest BCUT2D eigenvalue weighted by atomic mass is 35.5. The topological polar surface area (TPSA) is 64.4 Å². The molecular formula is C15H22ClN3O2S. The first-order valence-corrected chi connectivity index (χ1v) is 8.81. The van der Waals surface area contributed by atoms with Crippen LogP contribution in [-0.2, 0) is 10.2 Å². The van der Waals surface area contributed by atoms with Crippen molar-refractivity contribution in [3.05, 3.63) is 34.9 Å². The van der Waals surface area contributed by atoms with E-state index in [0.717, 1.165) is 5.56 Å². The molecule has 1 aromatic carbocycles. The van der Waals surface area contributed by atoms with Crippen molar-refractivity contribution in [3.63, 3.8) is 0 Å². The molecule has 0 aliphatic heterocycles. The Balaban J connectivity index is 2.89. The van der Waals surface area contributed by atoms with Crippen LogP contribution in [0.15, 0.2) is 24.3 Å². The zero-order valence-corrected chi connectivity index (χ0v) is 14.9. The van der Waals surface area contributed by atoms with E-state index in [4.69, 9.17) is 16.9 Å². The van der Waals surface area contributed by atoms with Gasteiger partial charge in [-0.05, 0) is 30.5 Å². The Morgan fingerprint density at radius 3 is 2.27 bits per heavy atom. The second-order valence-electron chi connectivity index (χ2n) is 5.33. The van der Waals surface area contributed by atoms with Gasteiger partial charge < -0.3 is 0 Å². The molecule has 0 heterocycles. The van der Waals surface area contributed by atoms with Gasteiger partial charge in [-0.25, -0.2) is 0 Å². The van der Waals surface area contributed by atoms with Crippen molar-refractivity contribution < 1.29 is 8.42 Å². The Bertz CT molecular complexity index is 625. The lowest BCUT2D eigenvalue weighted by Crippen LogP contribution is -2.45. The lowest BCUT2D eigenvalue weighted by molar-refractivity contribution is 0.319. The van der Waals surface area contributed by atoms with Gasteiger partial charge in [-0.15, -0.1) is 0 Å². The molecule has 2 atom stereocenters. The summed E-state index contributed by atoms with van der Waals surface area (Å²) in [6.45, 7) is 4.04. The third-order valence-corrected chi connectivity index (χ3v) is 6.27. The predicted molar refractivity (Wildman–Crippen MR) is 88.9 cm³/mol. The molecule has 0 fully saturated rings. The van der Waals surface area contributed by atoms with Crippen molar-refractivity contribution >= 4 is 21.8 Å². The fourth-order valence-electron chi connectivity index (χ4n) is 2.11. The van der Waals surface area contributed by atoms with Crippen LogP contribution in [-0.4, -0.2) is 43.7 Å². The summed E-state index contributed by atoms with van der Waals surface area (Å²) >= 11 is 5.88. The van der Waals surface area contributed by atoms with Crippen molar-refractivity contribution in [1.29, 1.82) is 5.26 Å². The summed E-state index contributed by atoms with van der Waals surface area (Å²) in [7, 11) is -0.528. The number of benzene rings is 1. The maximum atomic E-state index is 12.5. The first-order valence-electron chi connectivity index (χ1n) is 7.03. The summed E-state index contributed by atoms with van der Waals surface area (Å²) in [5.41, 5.74) is 1.03. The third-order valence-electron chi connectivity index (χ3n) is 3.99. The molecule has 5 nitrogen and oxygen atoms in total. The molecule has 7 heteroatoms. The van der Waals surface area contributed by atoms with Crippen molar-refractivity contribution in [2.75, 3.05) is 20.6 Å². The van der Waals surface area contributed by atoms with Gasteiger partial charge in [0.15, 0.2) is 0 Å². The number of hydrogen-bond donors (Lipinski definition) is 0. The van der Waals surface area contributed by atoms with Crippen LogP contribution in [0.4, 0.5) is 0 Å². The summed E-state index contributed by atoms with van der Waals surface area (Å²) in [6.07, 6.45) is 0.171. The highest BCUT2D eigenvalue weighted by Crippen LogP contribution is 2.25. The normalized spacial score (nSPS) is 14.8. The third kappa shape index (κ3) is 4.43. The van der Waals surface area contributed by atoms with Crippen LogP contribution in [0, 0.1) is 11.3 Å². The van der Waals surface area contributed by atoms with E-state index in [9.17, 15) is 8.42 Å². The molecule has 0 aliphatic rings. The second kappa shape index (κ2) is 7.93. The molecule has 122 valence electrons. The molecule has 0 radical (unpaired) electrons. The van der Waals surface area contributed by atoms with E-state index >= 15 is 0 Å². The molecule has 0 bridgehead atoms. The van der Waals surface area contributed by atoms with Gasteiger partial charge in [0.2, 0.25) is 0 Å². The molecule has 0 aromatic heterocycles. The monoisotopic (exact) mass is 343 g/mol. The van der Waals surface area contributed by atoms with Crippen LogP contribution < -0.4 is 0 Å². The van der Waals surface area contributed by atoms with Crippen LogP contribution in [0.3, 0.4) is 0 Å². The van der Waals surface area contributed by atoms with Crippen LogP contribution in [0.25, 0.3) is 0 Å². The van der Waals surface area contributed by atoms with Crippen LogP contribution in [0.2, 0.25) is 5.02 Å². The van der Waals surface area contributed by atoms with Crippen molar-refractivity contribution in [1.82, 2.24) is 8.61 Å². The lowest BCUT2D eigenvalue weighted by Gasteiger charge is -2.32. The minimum absolute atomic E-state index is 0.0152. The zero-order valence-electron chi connectivity index (χ0n) is 13.3. The van der Waals surface area contributed by atoms with Gasteiger partial charge in [0, 0.05) is 38.1 Å². The molecule has 1 rings (SSSR count). The quantitative estimate of drug-likeness (QED) is 0.764. The van der Waals surface area contributed by atoms with Crippen LogP contribution >= 0.6 is 11.6 Å². The molecular weight excluding hydrogens is 322 g/mol. The lowest BCUT2D eigenvalue weighted by atomic mass is 9.95. The van der Waals surface area contributed by atoms with E-state index < -0.39 is 10.2 Å². The van der Waals surface area contributed by atoms with E-state index in [2.05, 4.69) is 0 Å². The molecule has 22 heavy (non-hydrogen) atoms. The summed E-state index contributed by atoms with van der Waals surface area (Å²) in [4.78, 5) is 0. The highest BCUT2D eigenvalue weighted by Gasteiger charge is 2.30. The first-order chi connectivity index (χ1) is 10.2. The number of nitriles is 1. The van der Waals surface area contributed by atoms with E-state index in [1.807, 2.05) is 32.0 Å². The van der Waals surface area contributed by atoms with Crippen molar-refractivity contribution in [3.8, 4) is 6.07 Å². The van der Waals surface area contributed by atoms with Gasteiger partial charge in [-0.1, -0.05) is 30.7 Å². The van der Waals surface area contributed by atoms with Gasteiger partial charge in [-0.3, -0.25) is 0 Å². The largest absolute Gasteiger partial charge is 0.281 e. The number of rotatable bonds is 7. The summed E-state index contributed by atoms with van der Waals surface area (Å²) in [6, 6.07) is 9.14. The molecule has 0 spiro atoms. The van der Waals surface area contributed by atoms with E-state index in [1.54, 1.807) is 19.2 Å². The molecule has 0 N–H and O–H groups in total. The van der Waals surface area contributed by atoms with Crippen LogP contribution in [0.5, 0.6) is 0 Å². The molecule has 2 unspecified atom stereocenters. The smallest absolute Gasteiger partial charge is 0.198 e. The van der Waals surface area contributed by atoms with E-state index in [1.165, 1.54) is 15.7 Å². The van der Waals surface area contributed by atoms with Gasteiger partial charge in [0.25, 0.3) is 10.2 Å². The number of halogens is 1. The fourth-order valence-corrected chi connectivity index (χ4v) is 3.60. The standard InChI is InChI=1S/C15H22ClN3O2S/c1-12(14-6-8-15(16)9-7-14)13(2)19(4)22(20,21)18(3)11-5-10-17/h6-9,12-13H,5,11H2,1-4H3. The second-order valence-corrected chi connectivity index (χ2v) is 7.87. The predicted octanol–water partition coefficient (Wildman–Crippen LogP) is 2.85. The molecule has 1 aromatic rings. The van der Waals surface area contributed by atoms with E-state index in [0.29, 0.717) is 5.02 Å². The number of nitrogens with zero attached hydrogens (tertiary/aromatic N) is 3. The zero-order chi connectivity index (χ0) is 16.9. The number of hydrogen-bond acceptors (Lipinski definition) is 3. The Morgan fingerprint density at radius 1 is 1.23 bits per heavy atom.